The number of carbonyl (C=O) groups is 2. The number of aryl methyl sites for hydroxylation is 3. The Morgan fingerprint density at radius 1 is 1.12 bits per heavy atom. The number of carboxylic acid groups (broad SMARTS) is 1. The van der Waals surface area contributed by atoms with Crippen LogP contribution >= 0.6 is 12.2 Å². The molecule has 1 aliphatic heterocycles. The normalized spacial score (nSPS) is 14.0. The lowest BCUT2D eigenvalue weighted by molar-refractivity contribution is -0.116. The molecule has 0 spiro atoms. The molecule has 2 heterocycles. The van der Waals surface area contributed by atoms with Crippen molar-refractivity contribution in [1.29, 1.82) is 0 Å². The van der Waals surface area contributed by atoms with E-state index < -0.39 is 5.97 Å². The van der Waals surface area contributed by atoms with Crippen LogP contribution < -0.4 is 4.90 Å². The maximum absolute atomic E-state index is 12.6. The molecule has 168 valence electrons. The quantitative estimate of drug-likeness (QED) is 0.442. The van der Waals surface area contributed by atoms with Gasteiger partial charge in [-0.05, 0) is 74.4 Å². The first kappa shape index (κ1) is 22.2. The highest BCUT2D eigenvalue weighted by molar-refractivity contribution is 7.80. The van der Waals surface area contributed by atoms with Crippen LogP contribution in [0.4, 0.5) is 5.69 Å². The highest BCUT2D eigenvalue weighted by Gasteiger charge is 2.34. The smallest absolute Gasteiger partial charge is 0.335 e. The summed E-state index contributed by atoms with van der Waals surface area (Å²) >= 11 is 5.41. The van der Waals surface area contributed by atoms with Gasteiger partial charge < -0.3 is 10.2 Å². The number of anilines is 1. The number of thiocarbonyl (C=S) groups is 1. The van der Waals surface area contributed by atoms with Gasteiger partial charge in [-0.25, -0.2) is 14.5 Å². The summed E-state index contributed by atoms with van der Waals surface area (Å²) in [7, 11) is 0. The van der Waals surface area contributed by atoms with Gasteiger partial charge in [-0.1, -0.05) is 12.1 Å². The molecule has 2 aromatic carbocycles. The van der Waals surface area contributed by atoms with Gasteiger partial charge in [0.1, 0.15) is 6.54 Å². The molecular weight excluding hydrogens is 442 g/mol. The number of rotatable bonds is 5. The van der Waals surface area contributed by atoms with Crippen molar-refractivity contribution in [2.75, 3.05) is 11.4 Å². The first-order valence-corrected chi connectivity index (χ1v) is 10.5. The molecule has 2 N–H and O–H groups in total. The summed E-state index contributed by atoms with van der Waals surface area (Å²) in [5.41, 5.74) is 4.27. The van der Waals surface area contributed by atoms with E-state index in [1.54, 1.807) is 19.1 Å². The van der Waals surface area contributed by atoms with E-state index in [9.17, 15) is 19.8 Å². The van der Waals surface area contributed by atoms with Crippen molar-refractivity contribution in [3.63, 3.8) is 0 Å². The summed E-state index contributed by atoms with van der Waals surface area (Å²) in [6.07, 6.45) is 1.41. The van der Waals surface area contributed by atoms with Crippen LogP contribution in [-0.4, -0.2) is 54.8 Å². The first-order chi connectivity index (χ1) is 15.7. The fraction of sp³-hybridized carbons (Fsp3) is 0.174. The molecule has 0 saturated carbocycles. The topological polar surface area (TPSA) is 111 Å². The van der Waals surface area contributed by atoms with Crippen molar-refractivity contribution >= 4 is 41.1 Å². The molecule has 1 fully saturated rings. The second-order valence-electron chi connectivity index (χ2n) is 7.67. The van der Waals surface area contributed by atoms with Crippen LogP contribution in [0.5, 0.6) is 5.88 Å². The molecule has 1 aromatic heterocycles. The maximum Gasteiger partial charge on any atom is 0.335 e. The molecule has 3 aromatic rings. The second kappa shape index (κ2) is 8.47. The molecule has 1 amide bonds. The van der Waals surface area contributed by atoms with Gasteiger partial charge in [-0.15, -0.1) is 0 Å². The Morgan fingerprint density at radius 2 is 1.88 bits per heavy atom. The third kappa shape index (κ3) is 4.08. The van der Waals surface area contributed by atoms with Gasteiger partial charge in [-0.3, -0.25) is 9.69 Å². The molecule has 0 bridgehead atoms. The number of amides is 1. The number of aromatic carboxylic acids is 1. The zero-order valence-electron chi connectivity index (χ0n) is 18.2. The van der Waals surface area contributed by atoms with Crippen LogP contribution in [-0.2, 0) is 4.79 Å². The molecular formula is C23H21N5O4S. The van der Waals surface area contributed by atoms with Crippen LogP contribution in [0, 0.1) is 20.8 Å². The second-order valence-corrected chi connectivity index (χ2v) is 8.04. The summed E-state index contributed by atoms with van der Waals surface area (Å²) in [5, 5.41) is 30.1. The predicted molar refractivity (Wildman–Crippen MR) is 127 cm³/mol. The molecule has 9 nitrogen and oxygen atoms in total. The molecule has 1 saturated heterocycles. The lowest BCUT2D eigenvalue weighted by Gasteiger charge is -2.17. The van der Waals surface area contributed by atoms with Crippen molar-refractivity contribution in [3.8, 4) is 11.6 Å². The van der Waals surface area contributed by atoms with E-state index in [1.165, 1.54) is 32.9 Å². The van der Waals surface area contributed by atoms with Gasteiger partial charge in [-0.2, -0.15) is 10.2 Å². The Morgan fingerprint density at radius 3 is 2.58 bits per heavy atom. The van der Waals surface area contributed by atoms with Crippen molar-refractivity contribution in [2.45, 2.75) is 20.8 Å². The van der Waals surface area contributed by atoms with E-state index in [-0.39, 0.29) is 29.0 Å². The van der Waals surface area contributed by atoms with Crippen LogP contribution in [0.15, 0.2) is 47.6 Å². The van der Waals surface area contributed by atoms with Gasteiger partial charge >= 0.3 is 5.97 Å². The molecule has 0 unspecified atom stereocenters. The molecule has 0 atom stereocenters. The zero-order valence-corrected chi connectivity index (χ0v) is 19.0. The van der Waals surface area contributed by atoms with Gasteiger partial charge in [0.05, 0.1) is 34.4 Å². The lowest BCUT2D eigenvalue weighted by Crippen LogP contribution is -2.31. The Labute approximate surface area is 195 Å². The Bertz CT molecular complexity index is 1330. The fourth-order valence-electron chi connectivity index (χ4n) is 3.45. The number of hydrazone groups is 1. The first-order valence-electron chi connectivity index (χ1n) is 10.1. The van der Waals surface area contributed by atoms with Crippen LogP contribution in [0.1, 0.15) is 32.7 Å². The monoisotopic (exact) mass is 463 g/mol. The SMILES string of the molecule is Cc1ccc(-n2nc(C)c(C=NN3CC(=O)N(c4cccc(C(=O)O)c4)C3=S)c2O)cc1C. The van der Waals surface area contributed by atoms with E-state index in [1.807, 2.05) is 32.0 Å². The highest BCUT2D eigenvalue weighted by Crippen LogP contribution is 2.26. The van der Waals surface area contributed by atoms with Crippen LogP contribution in [0.2, 0.25) is 0 Å². The van der Waals surface area contributed by atoms with E-state index in [2.05, 4.69) is 10.2 Å². The zero-order chi connectivity index (χ0) is 23.9. The Balaban J connectivity index is 1.60. The van der Waals surface area contributed by atoms with E-state index in [4.69, 9.17) is 12.2 Å². The summed E-state index contributed by atoms with van der Waals surface area (Å²) in [6, 6.07) is 11.7. The number of benzene rings is 2. The summed E-state index contributed by atoms with van der Waals surface area (Å²) in [4.78, 5) is 25.1. The average molecular weight is 464 g/mol. The van der Waals surface area contributed by atoms with Crippen molar-refractivity contribution in [1.82, 2.24) is 14.8 Å². The van der Waals surface area contributed by atoms with E-state index >= 15 is 0 Å². The number of carboxylic acids is 1. The number of nitrogens with zero attached hydrogens (tertiary/aromatic N) is 5. The minimum Gasteiger partial charge on any atom is -0.493 e. The van der Waals surface area contributed by atoms with Gasteiger partial charge in [0.2, 0.25) is 11.0 Å². The standard InChI is InChI=1S/C23H21N5O4S/c1-13-7-8-18(9-14(13)2)28-21(30)19(15(3)25-28)11-24-26-12-20(29)27(23(26)33)17-6-4-5-16(10-17)22(31)32/h4-11,30H,12H2,1-3H3,(H,31,32). The van der Waals surface area contributed by atoms with E-state index in [0.29, 0.717) is 16.9 Å². The number of hydrogen-bond donors (Lipinski definition) is 2. The molecule has 0 aliphatic carbocycles. The third-order valence-electron chi connectivity index (χ3n) is 5.44. The van der Waals surface area contributed by atoms with Crippen LogP contribution in [0.3, 0.4) is 0 Å². The van der Waals surface area contributed by atoms with Crippen molar-refractivity contribution in [2.24, 2.45) is 5.10 Å². The molecule has 1 aliphatic rings. The maximum atomic E-state index is 12.6. The summed E-state index contributed by atoms with van der Waals surface area (Å²) < 4.78 is 1.43. The van der Waals surface area contributed by atoms with Gasteiger partial charge in [0.25, 0.3) is 5.91 Å². The van der Waals surface area contributed by atoms with Crippen LogP contribution in [0.25, 0.3) is 5.69 Å². The molecule has 10 heteroatoms. The summed E-state index contributed by atoms with van der Waals surface area (Å²) in [5.74, 6) is -1.52. The number of carbonyl (C=O) groups excluding carboxylic acids is 1. The molecule has 4 rings (SSSR count). The van der Waals surface area contributed by atoms with Gasteiger partial charge in [0, 0.05) is 0 Å². The average Bonchev–Trinajstić information content (AvgIpc) is 3.22. The lowest BCUT2D eigenvalue weighted by atomic mass is 10.1. The van der Waals surface area contributed by atoms with Gasteiger partial charge in [0.15, 0.2) is 0 Å². The third-order valence-corrected chi connectivity index (χ3v) is 5.83. The molecule has 33 heavy (non-hydrogen) atoms. The number of aromatic nitrogens is 2. The molecule has 0 radical (unpaired) electrons. The minimum atomic E-state index is -1.10. The van der Waals surface area contributed by atoms with E-state index in [0.717, 1.165) is 16.8 Å². The van der Waals surface area contributed by atoms with Crippen molar-refractivity contribution in [3.05, 3.63) is 70.4 Å². The Kier molecular flexibility index (Phi) is 5.69. The Hall–Kier alpha value is -4.05. The summed E-state index contributed by atoms with van der Waals surface area (Å²) in [6.45, 7) is 5.62. The predicted octanol–water partition coefficient (Wildman–Crippen LogP) is 3.17. The van der Waals surface area contributed by atoms with Crippen molar-refractivity contribution < 1.29 is 19.8 Å². The largest absolute Gasteiger partial charge is 0.493 e. The highest BCUT2D eigenvalue weighted by atomic mass is 32.1. The number of hydrogen-bond acceptors (Lipinski definition) is 6. The minimum absolute atomic E-state index is 0.0457. The number of aromatic hydroxyl groups is 1. The fourth-order valence-corrected chi connectivity index (χ4v) is 3.77.